The molecule has 0 aliphatic rings. The monoisotopic (exact) mass is 438 g/mol. The van der Waals surface area contributed by atoms with E-state index >= 15 is 0 Å². The zero-order valence-corrected chi connectivity index (χ0v) is 17.7. The highest BCUT2D eigenvalue weighted by atomic mass is 35.5. The SMILES string of the molecule is Cn1ccnc1C(NC(=O)CSc1nncn1-c1cccc(Cl)c1)c1ccccc1. The topological polar surface area (TPSA) is 77.6 Å². The summed E-state index contributed by atoms with van der Waals surface area (Å²) in [7, 11) is 1.91. The van der Waals surface area contributed by atoms with Gasteiger partial charge in [0.05, 0.1) is 11.4 Å². The van der Waals surface area contributed by atoms with Crippen LogP contribution in [0, 0.1) is 0 Å². The van der Waals surface area contributed by atoms with E-state index in [2.05, 4.69) is 20.5 Å². The quantitative estimate of drug-likeness (QED) is 0.445. The van der Waals surface area contributed by atoms with Crippen LogP contribution in [0.15, 0.2) is 78.5 Å². The molecule has 2 aromatic carbocycles. The molecular weight excluding hydrogens is 420 g/mol. The van der Waals surface area contributed by atoms with Gasteiger partial charge in [0.1, 0.15) is 18.2 Å². The van der Waals surface area contributed by atoms with Crippen LogP contribution in [0.2, 0.25) is 5.02 Å². The van der Waals surface area contributed by atoms with Crippen molar-refractivity contribution in [1.29, 1.82) is 0 Å². The van der Waals surface area contributed by atoms with Crippen LogP contribution in [-0.2, 0) is 11.8 Å². The van der Waals surface area contributed by atoms with E-state index in [0.29, 0.717) is 10.2 Å². The third kappa shape index (κ3) is 4.55. The number of aryl methyl sites for hydroxylation is 1. The average molecular weight is 439 g/mol. The summed E-state index contributed by atoms with van der Waals surface area (Å²) in [5.41, 5.74) is 1.80. The van der Waals surface area contributed by atoms with E-state index in [9.17, 15) is 4.79 Å². The Balaban J connectivity index is 1.48. The van der Waals surface area contributed by atoms with Crippen molar-refractivity contribution in [2.75, 3.05) is 5.75 Å². The van der Waals surface area contributed by atoms with Crippen LogP contribution < -0.4 is 5.32 Å². The molecule has 0 fully saturated rings. The Morgan fingerprint density at radius 1 is 1.20 bits per heavy atom. The number of halogens is 1. The highest BCUT2D eigenvalue weighted by Gasteiger charge is 2.21. The Hall–Kier alpha value is -3.10. The third-order valence-corrected chi connectivity index (χ3v) is 5.67. The van der Waals surface area contributed by atoms with Crippen LogP contribution in [0.5, 0.6) is 0 Å². The van der Waals surface area contributed by atoms with E-state index in [-0.39, 0.29) is 17.7 Å². The van der Waals surface area contributed by atoms with Gasteiger partial charge in [0, 0.05) is 24.5 Å². The fourth-order valence-corrected chi connectivity index (χ4v) is 3.98. The van der Waals surface area contributed by atoms with E-state index in [1.54, 1.807) is 23.2 Å². The Morgan fingerprint density at radius 3 is 2.77 bits per heavy atom. The normalized spacial score (nSPS) is 11.9. The fraction of sp³-hybridized carbons (Fsp3) is 0.143. The second kappa shape index (κ2) is 9.15. The number of imidazole rings is 1. The number of benzene rings is 2. The first kappa shape index (κ1) is 20.2. The number of amides is 1. The molecule has 1 N–H and O–H groups in total. The molecule has 7 nitrogen and oxygen atoms in total. The van der Waals surface area contributed by atoms with Crippen LogP contribution in [0.1, 0.15) is 17.4 Å². The number of rotatable bonds is 7. The summed E-state index contributed by atoms with van der Waals surface area (Å²) in [6.45, 7) is 0. The second-order valence-corrected chi connectivity index (χ2v) is 7.94. The van der Waals surface area contributed by atoms with Crippen molar-refractivity contribution >= 4 is 29.3 Å². The lowest BCUT2D eigenvalue weighted by Crippen LogP contribution is -2.32. The van der Waals surface area contributed by atoms with Gasteiger partial charge in [-0.25, -0.2) is 4.98 Å². The van der Waals surface area contributed by atoms with Crippen molar-refractivity contribution in [2.24, 2.45) is 7.05 Å². The van der Waals surface area contributed by atoms with E-state index in [1.807, 2.05) is 66.3 Å². The van der Waals surface area contributed by atoms with Gasteiger partial charge in [0.15, 0.2) is 5.16 Å². The minimum Gasteiger partial charge on any atom is -0.341 e. The van der Waals surface area contributed by atoms with Crippen molar-refractivity contribution in [3.05, 3.63) is 89.7 Å². The number of hydrogen-bond acceptors (Lipinski definition) is 5. The van der Waals surface area contributed by atoms with Crippen molar-refractivity contribution in [1.82, 2.24) is 29.6 Å². The summed E-state index contributed by atoms with van der Waals surface area (Å²) < 4.78 is 3.71. The largest absolute Gasteiger partial charge is 0.341 e. The lowest BCUT2D eigenvalue weighted by molar-refractivity contribution is -0.119. The van der Waals surface area contributed by atoms with Gasteiger partial charge < -0.3 is 9.88 Å². The van der Waals surface area contributed by atoms with Gasteiger partial charge in [-0.3, -0.25) is 9.36 Å². The first-order chi connectivity index (χ1) is 14.6. The molecule has 0 saturated heterocycles. The maximum Gasteiger partial charge on any atom is 0.231 e. The van der Waals surface area contributed by atoms with Crippen LogP contribution in [-0.4, -0.2) is 36.0 Å². The summed E-state index contributed by atoms with van der Waals surface area (Å²) in [6, 6.07) is 16.8. The molecule has 0 aliphatic heterocycles. The van der Waals surface area contributed by atoms with E-state index in [4.69, 9.17) is 11.6 Å². The summed E-state index contributed by atoms with van der Waals surface area (Å²) in [5, 5.41) is 12.4. The molecule has 30 heavy (non-hydrogen) atoms. The zero-order valence-electron chi connectivity index (χ0n) is 16.1. The predicted molar refractivity (Wildman–Crippen MR) is 117 cm³/mol. The Morgan fingerprint density at radius 2 is 2.03 bits per heavy atom. The van der Waals surface area contributed by atoms with Gasteiger partial charge in [-0.05, 0) is 23.8 Å². The lowest BCUT2D eigenvalue weighted by atomic mass is 10.1. The maximum atomic E-state index is 12.8. The van der Waals surface area contributed by atoms with Crippen molar-refractivity contribution in [3.63, 3.8) is 0 Å². The number of nitrogens with zero attached hydrogens (tertiary/aromatic N) is 5. The van der Waals surface area contributed by atoms with Crippen molar-refractivity contribution in [2.45, 2.75) is 11.2 Å². The minimum atomic E-state index is -0.343. The highest BCUT2D eigenvalue weighted by Crippen LogP contribution is 2.23. The molecule has 9 heteroatoms. The van der Waals surface area contributed by atoms with Gasteiger partial charge in [0.25, 0.3) is 0 Å². The van der Waals surface area contributed by atoms with Gasteiger partial charge in [-0.15, -0.1) is 10.2 Å². The number of carbonyl (C=O) groups excluding carboxylic acids is 1. The molecule has 1 atom stereocenters. The molecule has 0 saturated carbocycles. The third-order valence-electron chi connectivity index (χ3n) is 4.49. The predicted octanol–water partition coefficient (Wildman–Crippen LogP) is 3.65. The summed E-state index contributed by atoms with van der Waals surface area (Å²) >= 11 is 7.39. The summed E-state index contributed by atoms with van der Waals surface area (Å²) in [5.74, 6) is 0.826. The first-order valence-electron chi connectivity index (χ1n) is 9.22. The molecule has 2 heterocycles. The number of thioether (sulfide) groups is 1. The Labute approximate surface area is 183 Å². The van der Waals surface area contributed by atoms with Crippen molar-refractivity contribution in [3.8, 4) is 5.69 Å². The molecule has 4 aromatic rings. The van der Waals surface area contributed by atoms with Crippen LogP contribution >= 0.6 is 23.4 Å². The van der Waals surface area contributed by atoms with Gasteiger partial charge >= 0.3 is 0 Å². The van der Waals surface area contributed by atoms with Crippen molar-refractivity contribution < 1.29 is 4.79 Å². The van der Waals surface area contributed by atoms with Gasteiger partial charge in [-0.1, -0.05) is 59.8 Å². The number of hydrogen-bond donors (Lipinski definition) is 1. The smallest absolute Gasteiger partial charge is 0.231 e. The lowest BCUT2D eigenvalue weighted by Gasteiger charge is -2.19. The molecule has 0 bridgehead atoms. The molecular formula is C21H19ClN6OS. The molecule has 0 radical (unpaired) electrons. The van der Waals surface area contributed by atoms with Gasteiger partial charge in [-0.2, -0.15) is 0 Å². The number of aromatic nitrogens is 5. The molecule has 2 aromatic heterocycles. The second-order valence-electron chi connectivity index (χ2n) is 6.56. The first-order valence-corrected chi connectivity index (χ1v) is 10.6. The highest BCUT2D eigenvalue weighted by molar-refractivity contribution is 7.99. The van der Waals surface area contributed by atoms with E-state index in [0.717, 1.165) is 17.1 Å². The molecule has 0 aliphatic carbocycles. The summed E-state index contributed by atoms with van der Waals surface area (Å²) in [6.07, 6.45) is 5.19. The van der Waals surface area contributed by atoms with Crippen LogP contribution in [0.25, 0.3) is 5.69 Å². The van der Waals surface area contributed by atoms with Gasteiger partial charge in [0.2, 0.25) is 5.91 Å². The average Bonchev–Trinajstić information content (AvgIpc) is 3.40. The molecule has 1 unspecified atom stereocenters. The molecule has 4 rings (SSSR count). The summed E-state index contributed by atoms with van der Waals surface area (Å²) in [4.78, 5) is 17.2. The molecule has 152 valence electrons. The van der Waals surface area contributed by atoms with E-state index < -0.39 is 0 Å². The Bertz CT molecular complexity index is 1140. The fourth-order valence-electron chi connectivity index (χ4n) is 3.06. The van der Waals surface area contributed by atoms with Crippen LogP contribution in [0.4, 0.5) is 0 Å². The molecule has 0 spiro atoms. The zero-order chi connectivity index (χ0) is 20.9. The standard InChI is InChI=1S/C21H19ClN6OS/c1-27-11-10-23-20(27)19(15-6-3-2-4-7-15)25-18(29)13-30-21-26-24-14-28(21)17-9-5-8-16(22)12-17/h2-12,14,19H,13H2,1H3,(H,25,29). The number of nitrogens with one attached hydrogen (secondary N) is 1. The Kier molecular flexibility index (Phi) is 6.15. The number of carbonyl (C=O) groups is 1. The molecule has 1 amide bonds. The minimum absolute atomic E-state index is 0.127. The van der Waals surface area contributed by atoms with E-state index in [1.165, 1.54) is 11.8 Å². The van der Waals surface area contributed by atoms with Crippen LogP contribution in [0.3, 0.4) is 0 Å². The maximum absolute atomic E-state index is 12.8.